The minimum Gasteiger partial charge on any atom is -0.351 e. The molecule has 0 spiro atoms. The van der Waals surface area contributed by atoms with Crippen LogP contribution in [0.4, 0.5) is 5.69 Å². The Bertz CT molecular complexity index is 750. The number of anilines is 1. The molecule has 2 amide bonds. The van der Waals surface area contributed by atoms with Gasteiger partial charge in [-0.15, -0.1) is 0 Å². The molecule has 3 rings (SSSR count). The zero-order valence-electron chi connectivity index (χ0n) is 14.8. The van der Waals surface area contributed by atoms with Crippen molar-refractivity contribution in [3.8, 4) is 0 Å². The first-order valence-electron chi connectivity index (χ1n) is 8.82. The molecule has 4 nitrogen and oxygen atoms in total. The highest BCUT2D eigenvalue weighted by Gasteiger charge is 2.37. The lowest BCUT2D eigenvalue weighted by molar-refractivity contribution is -0.132. The molecule has 1 aliphatic rings. The van der Waals surface area contributed by atoms with Crippen LogP contribution in [0.3, 0.4) is 0 Å². The standard InChI is InChI=1S/C21H24N2O2/c1-3-16-8-10-18(11-9-16)23-13-12-19(21(23)25)20(24)22-14-17-6-4-15(2)5-7-17/h4-11,19H,3,12-14H2,1-2H3,(H,22,24)/t19-/m0/s1. The molecule has 0 bridgehead atoms. The highest BCUT2D eigenvalue weighted by molar-refractivity contribution is 6.09. The van der Waals surface area contributed by atoms with Gasteiger partial charge in [0.15, 0.2) is 0 Å². The van der Waals surface area contributed by atoms with Crippen LogP contribution < -0.4 is 10.2 Å². The molecule has 1 N–H and O–H groups in total. The molecule has 2 aromatic carbocycles. The Balaban J connectivity index is 1.60. The summed E-state index contributed by atoms with van der Waals surface area (Å²) in [7, 11) is 0. The van der Waals surface area contributed by atoms with Crippen LogP contribution in [0.5, 0.6) is 0 Å². The zero-order chi connectivity index (χ0) is 17.8. The Morgan fingerprint density at radius 2 is 1.72 bits per heavy atom. The first-order chi connectivity index (χ1) is 12.1. The largest absolute Gasteiger partial charge is 0.351 e. The molecule has 1 saturated heterocycles. The Labute approximate surface area is 148 Å². The monoisotopic (exact) mass is 336 g/mol. The predicted molar refractivity (Wildman–Crippen MR) is 99.3 cm³/mol. The highest BCUT2D eigenvalue weighted by Crippen LogP contribution is 2.26. The Morgan fingerprint density at radius 3 is 2.36 bits per heavy atom. The van der Waals surface area contributed by atoms with Crippen molar-refractivity contribution in [3.63, 3.8) is 0 Å². The molecule has 0 saturated carbocycles. The summed E-state index contributed by atoms with van der Waals surface area (Å²) in [4.78, 5) is 26.8. The summed E-state index contributed by atoms with van der Waals surface area (Å²) in [5.74, 6) is -0.875. The topological polar surface area (TPSA) is 49.4 Å². The molecule has 2 aromatic rings. The maximum absolute atomic E-state index is 12.6. The van der Waals surface area contributed by atoms with Gasteiger partial charge in [-0.2, -0.15) is 0 Å². The summed E-state index contributed by atoms with van der Waals surface area (Å²) < 4.78 is 0. The number of carbonyl (C=O) groups is 2. The second-order valence-corrected chi connectivity index (χ2v) is 6.55. The van der Waals surface area contributed by atoms with E-state index in [0.29, 0.717) is 19.5 Å². The van der Waals surface area contributed by atoms with E-state index in [9.17, 15) is 9.59 Å². The molecule has 1 heterocycles. The smallest absolute Gasteiger partial charge is 0.239 e. The number of nitrogens with one attached hydrogen (secondary N) is 1. The van der Waals surface area contributed by atoms with E-state index < -0.39 is 5.92 Å². The third kappa shape index (κ3) is 3.90. The lowest BCUT2D eigenvalue weighted by atomic mass is 10.1. The van der Waals surface area contributed by atoms with Gasteiger partial charge in [0.2, 0.25) is 11.8 Å². The van der Waals surface area contributed by atoms with E-state index in [0.717, 1.165) is 17.7 Å². The van der Waals surface area contributed by atoms with Crippen molar-refractivity contribution in [1.82, 2.24) is 5.32 Å². The number of nitrogens with zero attached hydrogens (tertiary/aromatic N) is 1. The van der Waals surface area contributed by atoms with E-state index in [-0.39, 0.29) is 11.8 Å². The van der Waals surface area contributed by atoms with Gasteiger partial charge in [0, 0.05) is 18.8 Å². The van der Waals surface area contributed by atoms with Gasteiger partial charge in [-0.25, -0.2) is 0 Å². The SMILES string of the molecule is CCc1ccc(N2CC[C@@H](C(=O)NCc3ccc(C)cc3)C2=O)cc1. The summed E-state index contributed by atoms with van der Waals surface area (Å²) in [6, 6.07) is 16.0. The van der Waals surface area contributed by atoms with Gasteiger partial charge in [0.1, 0.15) is 5.92 Å². The van der Waals surface area contributed by atoms with E-state index in [1.54, 1.807) is 4.90 Å². The highest BCUT2D eigenvalue weighted by atomic mass is 16.2. The minimum atomic E-state index is -0.587. The van der Waals surface area contributed by atoms with E-state index in [1.165, 1.54) is 11.1 Å². The van der Waals surface area contributed by atoms with Crippen molar-refractivity contribution in [3.05, 3.63) is 65.2 Å². The van der Waals surface area contributed by atoms with Gasteiger partial charge in [0.25, 0.3) is 0 Å². The first kappa shape index (κ1) is 17.2. The fourth-order valence-electron chi connectivity index (χ4n) is 3.11. The quantitative estimate of drug-likeness (QED) is 0.852. The second kappa shape index (κ2) is 7.51. The van der Waals surface area contributed by atoms with Gasteiger partial charge >= 0.3 is 0 Å². The third-order valence-electron chi connectivity index (χ3n) is 4.77. The fraction of sp³-hybridized carbons (Fsp3) is 0.333. The molecule has 130 valence electrons. The second-order valence-electron chi connectivity index (χ2n) is 6.55. The maximum atomic E-state index is 12.6. The van der Waals surface area contributed by atoms with E-state index in [1.807, 2.05) is 55.5 Å². The number of hydrogen-bond acceptors (Lipinski definition) is 2. The average Bonchev–Trinajstić information content (AvgIpc) is 3.02. The van der Waals surface area contributed by atoms with E-state index >= 15 is 0 Å². The number of amides is 2. The van der Waals surface area contributed by atoms with Crippen molar-refractivity contribution in [2.75, 3.05) is 11.4 Å². The average molecular weight is 336 g/mol. The molecule has 1 fully saturated rings. The Kier molecular flexibility index (Phi) is 5.17. The normalized spacial score (nSPS) is 17.0. The van der Waals surface area contributed by atoms with Crippen molar-refractivity contribution >= 4 is 17.5 Å². The molecular weight excluding hydrogens is 312 g/mol. The van der Waals surface area contributed by atoms with Crippen LogP contribution in [0.2, 0.25) is 0 Å². The van der Waals surface area contributed by atoms with Crippen LogP contribution in [0.1, 0.15) is 30.0 Å². The van der Waals surface area contributed by atoms with Crippen LogP contribution in [0.15, 0.2) is 48.5 Å². The zero-order valence-corrected chi connectivity index (χ0v) is 14.8. The number of carbonyl (C=O) groups excluding carboxylic acids is 2. The summed E-state index contributed by atoms with van der Waals surface area (Å²) in [6.45, 7) is 5.17. The van der Waals surface area contributed by atoms with Crippen LogP contribution >= 0.6 is 0 Å². The molecule has 0 aliphatic carbocycles. The van der Waals surface area contributed by atoms with Crippen LogP contribution in [0.25, 0.3) is 0 Å². The summed E-state index contributed by atoms with van der Waals surface area (Å²) >= 11 is 0. The summed E-state index contributed by atoms with van der Waals surface area (Å²) in [6.07, 6.45) is 1.53. The molecule has 0 unspecified atom stereocenters. The Hall–Kier alpha value is -2.62. The molecule has 4 heteroatoms. The van der Waals surface area contributed by atoms with E-state index in [4.69, 9.17) is 0 Å². The van der Waals surface area contributed by atoms with Crippen molar-refractivity contribution in [2.24, 2.45) is 5.92 Å². The number of aryl methyl sites for hydroxylation is 2. The Morgan fingerprint density at radius 1 is 1.08 bits per heavy atom. The van der Waals surface area contributed by atoms with Crippen molar-refractivity contribution < 1.29 is 9.59 Å². The van der Waals surface area contributed by atoms with Crippen molar-refractivity contribution in [1.29, 1.82) is 0 Å². The molecular formula is C21H24N2O2. The van der Waals surface area contributed by atoms with Gasteiger partial charge in [0.05, 0.1) is 0 Å². The van der Waals surface area contributed by atoms with E-state index in [2.05, 4.69) is 12.2 Å². The number of rotatable bonds is 5. The molecule has 0 radical (unpaired) electrons. The minimum absolute atomic E-state index is 0.106. The van der Waals surface area contributed by atoms with Gasteiger partial charge in [-0.05, 0) is 43.0 Å². The van der Waals surface area contributed by atoms with Gasteiger partial charge in [-0.1, -0.05) is 48.9 Å². The van der Waals surface area contributed by atoms with Gasteiger partial charge in [-0.3, -0.25) is 9.59 Å². The molecule has 1 atom stereocenters. The third-order valence-corrected chi connectivity index (χ3v) is 4.77. The number of benzene rings is 2. The van der Waals surface area contributed by atoms with Crippen LogP contribution in [0, 0.1) is 12.8 Å². The summed E-state index contributed by atoms with van der Waals surface area (Å²) in [5, 5.41) is 2.89. The van der Waals surface area contributed by atoms with Crippen LogP contribution in [-0.2, 0) is 22.6 Å². The fourth-order valence-corrected chi connectivity index (χ4v) is 3.11. The molecule has 1 aliphatic heterocycles. The number of hydrogen-bond donors (Lipinski definition) is 1. The first-order valence-corrected chi connectivity index (χ1v) is 8.82. The van der Waals surface area contributed by atoms with Gasteiger partial charge < -0.3 is 10.2 Å². The lowest BCUT2D eigenvalue weighted by Gasteiger charge is -2.17. The predicted octanol–water partition coefficient (Wildman–Crippen LogP) is 3.23. The lowest BCUT2D eigenvalue weighted by Crippen LogP contribution is -2.36. The molecule has 25 heavy (non-hydrogen) atoms. The maximum Gasteiger partial charge on any atom is 0.239 e. The van der Waals surface area contributed by atoms with Crippen molar-refractivity contribution in [2.45, 2.75) is 33.2 Å². The van der Waals surface area contributed by atoms with Crippen LogP contribution in [-0.4, -0.2) is 18.4 Å². The summed E-state index contributed by atoms with van der Waals surface area (Å²) in [5.41, 5.74) is 4.33. The molecule has 0 aromatic heterocycles.